The average Bonchev–Trinajstić information content (AvgIpc) is 1.57. The monoisotopic (exact) mass is 151 g/mol. The largest absolute Gasteiger partial charge is 2.00 e. The molecule has 11 heavy (non-hydrogen) atoms. The molecule has 0 amide bonds. The molecule has 0 aliphatic heterocycles. The predicted molar refractivity (Wildman–Crippen MR) is 32.1 cm³/mol. The van der Waals surface area contributed by atoms with Crippen molar-refractivity contribution in [3.63, 3.8) is 0 Å². The summed E-state index contributed by atoms with van der Waals surface area (Å²) < 4.78 is 0. The van der Waals surface area contributed by atoms with Gasteiger partial charge in [0, 0.05) is 5.41 Å². The van der Waals surface area contributed by atoms with Crippen LogP contribution in [0.4, 0.5) is 0 Å². The van der Waals surface area contributed by atoms with Crippen LogP contribution in [0.25, 0.3) is 0 Å². The molecule has 1 aliphatic carbocycles. The van der Waals surface area contributed by atoms with Crippen molar-refractivity contribution in [2.24, 2.45) is 5.41 Å². The zero-order chi connectivity index (χ0) is 7.78. The first-order valence-electron chi connectivity index (χ1n) is 3.02. The second-order valence-corrected chi connectivity index (χ2v) is 2.51. The molecule has 0 atom stereocenters. The van der Waals surface area contributed by atoms with Crippen molar-refractivity contribution in [3.8, 4) is 0 Å². The molecule has 5 heteroatoms. The zero-order valence-corrected chi connectivity index (χ0v) is 5.96. The van der Waals surface area contributed by atoms with Crippen molar-refractivity contribution in [1.29, 1.82) is 0 Å². The smallest absolute Gasteiger partial charge is 0.549 e. The van der Waals surface area contributed by atoms with Gasteiger partial charge >= 0.3 is 10.1 Å². The van der Waals surface area contributed by atoms with Gasteiger partial charge in [-0.05, 0) is 12.8 Å². The third kappa shape index (κ3) is 1.26. The molecule has 0 saturated heterocycles. The van der Waals surface area contributed by atoms with Gasteiger partial charge in [-0.1, -0.05) is 6.42 Å². The molecular formula is C6H6BeO4. The summed E-state index contributed by atoms with van der Waals surface area (Å²) in [6.45, 7) is 0. The van der Waals surface area contributed by atoms with Crippen molar-refractivity contribution in [1.82, 2.24) is 0 Å². The van der Waals surface area contributed by atoms with Gasteiger partial charge in [0.05, 0.1) is 11.9 Å². The Labute approximate surface area is 67.4 Å². The third-order valence-corrected chi connectivity index (χ3v) is 1.99. The minimum absolute atomic E-state index is 0. The molecule has 0 N–H and O–H groups in total. The molecule has 1 saturated carbocycles. The molecule has 0 aromatic carbocycles. The number of aliphatic carboxylic acids is 2. The Hall–Kier alpha value is -0.891. The normalized spacial score (nSPS) is 19.3. The van der Waals surface area contributed by atoms with Gasteiger partial charge in [0.2, 0.25) is 0 Å². The maximum atomic E-state index is 10.2. The van der Waals surface area contributed by atoms with Crippen molar-refractivity contribution in [2.75, 3.05) is 0 Å². The summed E-state index contributed by atoms with van der Waals surface area (Å²) in [6.07, 6.45) is 0.928. The van der Waals surface area contributed by atoms with Crippen LogP contribution in [0.2, 0.25) is 0 Å². The van der Waals surface area contributed by atoms with Crippen LogP contribution in [0.5, 0.6) is 0 Å². The van der Waals surface area contributed by atoms with Gasteiger partial charge in [-0.15, -0.1) is 0 Å². The van der Waals surface area contributed by atoms with E-state index in [-0.39, 0.29) is 23.0 Å². The number of hydrogen-bond donors (Lipinski definition) is 0. The zero-order valence-electron chi connectivity index (χ0n) is 5.96. The van der Waals surface area contributed by atoms with Gasteiger partial charge < -0.3 is 19.8 Å². The van der Waals surface area contributed by atoms with Crippen LogP contribution in [0.3, 0.4) is 0 Å². The van der Waals surface area contributed by atoms with Gasteiger partial charge in [0.1, 0.15) is 0 Å². The van der Waals surface area contributed by atoms with Gasteiger partial charge in [0.25, 0.3) is 0 Å². The van der Waals surface area contributed by atoms with Gasteiger partial charge in [0.15, 0.2) is 0 Å². The molecule has 4 nitrogen and oxygen atoms in total. The summed E-state index contributed by atoms with van der Waals surface area (Å²) >= 11 is 0. The van der Waals surface area contributed by atoms with Gasteiger partial charge in [-0.3, -0.25) is 0 Å². The van der Waals surface area contributed by atoms with Crippen LogP contribution in [-0.4, -0.2) is 22.1 Å². The fraction of sp³-hybridized carbons (Fsp3) is 0.667. The number of rotatable bonds is 2. The molecule has 0 unspecified atom stereocenters. The van der Waals surface area contributed by atoms with Crippen molar-refractivity contribution in [3.05, 3.63) is 0 Å². The fourth-order valence-corrected chi connectivity index (χ4v) is 1.02. The number of carbonyl (C=O) groups is 2. The minimum Gasteiger partial charge on any atom is -0.549 e. The second kappa shape index (κ2) is 3.01. The van der Waals surface area contributed by atoms with Crippen molar-refractivity contribution in [2.45, 2.75) is 19.3 Å². The van der Waals surface area contributed by atoms with E-state index in [2.05, 4.69) is 0 Å². The molecular weight excluding hydrogens is 145 g/mol. The van der Waals surface area contributed by atoms with E-state index in [1.54, 1.807) is 0 Å². The van der Waals surface area contributed by atoms with Crippen LogP contribution in [0.1, 0.15) is 19.3 Å². The minimum atomic E-state index is -1.67. The van der Waals surface area contributed by atoms with E-state index in [0.29, 0.717) is 6.42 Å². The second-order valence-electron chi connectivity index (χ2n) is 2.51. The van der Waals surface area contributed by atoms with Gasteiger partial charge in [-0.2, -0.15) is 0 Å². The van der Waals surface area contributed by atoms with E-state index < -0.39 is 17.4 Å². The fourth-order valence-electron chi connectivity index (χ4n) is 1.02. The number of carboxylic acids is 2. The Morgan fingerprint density at radius 1 is 1.09 bits per heavy atom. The topological polar surface area (TPSA) is 80.3 Å². The quantitative estimate of drug-likeness (QED) is 0.317. The number of hydrogen-bond acceptors (Lipinski definition) is 4. The molecule has 0 aromatic rings. The Morgan fingerprint density at radius 3 is 1.45 bits per heavy atom. The van der Waals surface area contributed by atoms with Crippen LogP contribution >= 0.6 is 0 Å². The standard InChI is InChI=1S/C6H8O4.Be/c7-4(8)6(5(9)10)2-1-3-6;/h1-3H2,(H,7,8)(H,9,10);/q;+2/p-2. The van der Waals surface area contributed by atoms with E-state index in [9.17, 15) is 19.8 Å². The molecule has 56 valence electrons. The first-order chi connectivity index (χ1) is 4.59. The summed E-state index contributed by atoms with van der Waals surface area (Å²) in [5, 5.41) is 20.4. The number of carbonyl (C=O) groups excluding carboxylic acids is 2. The molecule has 0 spiro atoms. The Balaban J connectivity index is 0.000001000. The Morgan fingerprint density at radius 2 is 1.45 bits per heavy atom. The molecule has 0 radical (unpaired) electrons. The first-order valence-corrected chi connectivity index (χ1v) is 3.02. The molecule has 0 aromatic heterocycles. The Bertz CT molecular complexity index is 169. The first kappa shape index (κ1) is 10.1. The maximum Gasteiger partial charge on any atom is 2.00 e. The SMILES string of the molecule is O=C([O-])C1(C(=O)[O-])CCC1.[Be+2]. The predicted octanol–water partition coefficient (Wildman–Crippen LogP) is -2.72. The Kier molecular flexibility index (Phi) is 2.77. The third-order valence-electron chi connectivity index (χ3n) is 1.99. The molecule has 1 aliphatic rings. The van der Waals surface area contributed by atoms with E-state index in [4.69, 9.17) is 0 Å². The van der Waals surface area contributed by atoms with Gasteiger partial charge in [-0.25, -0.2) is 0 Å². The summed E-state index contributed by atoms with van der Waals surface area (Å²) in [7, 11) is 0. The maximum absolute atomic E-state index is 10.2. The van der Waals surface area contributed by atoms with Crippen molar-refractivity contribution < 1.29 is 19.8 Å². The average molecular weight is 151 g/mol. The van der Waals surface area contributed by atoms with E-state index >= 15 is 0 Å². The van der Waals surface area contributed by atoms with Crippen molar-refractivity contribution >= 4 is 22.1 Å². The van der Waals surface area contributed by atoms with E-state index in [1.807, 2.05) is 0 Å². The summed E-state index contributed by atoms with van der Waals surface area (Å²) in [5.41, 5.74) is -1.67. The van der Waals surface area contributed by atoms with E-state index in [0.717, 1.165) is 0 Å². The van der Waals surface area contributed by atoms with Crippen LogP contribution < -0.4 is 10.2 Å². The van der Waals surface area contributed by atoms with Crippen LogP contribution in [0, 0.1) is 5.41 Å². The number of carboxylic acid groups (broad SMARTS) is 2. The molecule has 1 rings (SSSR count). The molecule has 0 heterocycles. The summed E-state index contributed by atoms with van der Waals surface area (Å²) in [4.78, 5) is 20.4. The van der Waals surface area contributed by atoms with Crippen LogP contribution in [0.15, 0.2) is 0 Å². The summed E-state index contributed by atoms with van der Waals surface area (Å²) in [6, 6.07) is 0. The molecule has 0 bridgehead atoms. The molecule has 1 fully saturated rings. The van der Waals surface area contributed by atoms with Crippen LogP contribution in [-0.2, 0) is 9.59 Å². The van der Waals surface area contributed by atoms with E-state index in [1.165, 1.54) is 0 Å². The summed E-state index contributed by atoms with van der Waals surface area (Å²) in [5.74, 6) is -3.03.